The summed E-state index contributed by atoms with van der Waals surface area (Å²) in [6, 6.07) is 13.3. The van der Waals surface area contributed by atoms with Crippen molar-refractivity contribution < 1.29 is 33.4 Å². The van der Waals surface area contributed by atoms with E-state index in [9.17, 15) is 19.2 Å². The molecule has 9 nitrogen and oxygen atoms in total. The molecule has 0 radical (unpaired) electrons. The third-order valence-electron chi connectivity index (χ3n) is 5.67. The first kappa shape index (κ1) is 29.4. The standard InChI is InChI=1S/C28H21Cl2IN2O7/c1-3-39-27(36)17-5-7-18(8-6-17)33-26(35)19(25(34)32-28(33)37)10-16-12-22(31)24(23(13-16)38-2)40-14-15-4-9-20(29)21(30)11-15/h4-13H,3,14H2,1-2H3,(H,32,34,37)/b19-10+. The molecule has 12 heteroatoms. The second-order valence-corrected chi connectivity index (χ2v) is 10.3. The fourth-order valence-electron chi connectivity index (χ4n) is 3.77. The Morgan fingerprint density at radius 3 is 2.40 bits per heavy atom. The van der Waals surface area contributed by atoms with E-state index in [1.807, 2.05) is 0 Å². The van der Waals surface area contributed by atoms with Crippen LogP contribution in [0.2, 0.25) is 10.0 Å². The van der Waals surface area contributed by atoms with Gasteiger partial charge in [0.25, 0.3) is 11.8 Å². The Morgan fingerprint density at radius 2 is 1.75 bits per heavy atom. The minimum absolute atomic E-state index is 0.173. The highest BCUT2D eigenvalue weighted by Gasteiger charge is 2.37. The molecule has 0 bridgehead atoms. The molecule has 3 aromatic carbocycles. The van der Waals surface area contributed by atoms with Gasteiger partial charge in [0, 0.05) is 0 Å². The van der Waals surface area contributed by atoms with Crippen molar-refractivity contribution in [2.75, 3.05) is 18.6 Å². The number of benzene rings is 3. The van der Waals surface area contributed by atoms with Gasteiger partial charge in [-0.15, -0.1) is 0 Å². The molecule has 0 saturated carbocycles. The number of urea groups is 1. The maximum absolute atomic E-state index is 13.3. The Hall–Kier alpha value is -3.61. The first-order valence-corrected chi connectivity index (χ1v) is 13.6. The molecule has 1 N–H and O–H groups in total. The zero-order valence-corrected chi connectivity index (χ0v) is 24.8. The number of methoxy groups -OCH3 is 1. The lowest BCUT2D eigenvalue weighted by Crippen LogP contribution is -2.54. The molecule has 1 aliphatic rings. The lowest BCUT2D eigenvalue weighted by atomic mass is 10.1. The topological polar surface area (TPSA) is 111 Å². The monoisotopic (exact) mass is 694 g/mol. The van der Waals surface area contributed by atoms with Crippen molar-refractivity contribution in [3.05, 3.63) is 90.5 Å². The minimum atomic E-state index is -0.908. The molecule has 1 fully saturated rings. The summed E-state index contributed by atoms with van der Waals surface area (Å²) < 4.78 is 17.1. The number of barbiturate groups is 1. The molecular weight excluding hydrogens is 674 g/mol. The van der Waals surface area contributed by atoms with Gasteiger partial charge in [-0.2, -0.15) is 0 Å². The Kier molecular flexibility index (Phi) is 9.33. The molecule has 3 aromatic rings. The number of carbonyl (C=O) groups is 4. The van der Waals surface area contributed by atoms with Gasteiger partial charge in [0.2, 0.25) is 0 Å². The van der Waals surface area contributed by atoms with Crippen molar-refractivity contribution >= 4 is 81.4 Å². The third kappa shape index (κ3) is 6.40. The van der Waals surface area contributed by atoms with E-state index in [1.165, 1.54) is 37.5 Å². The maximum atomic E-state index is 13.3. The van der Waals surface area contributed by atoms with Gasteiger partial charge in [-0.05, 0) is 95.2 Å². The molecule has 0 atom stereocenters. The van der Waals surface area contributed by atoms with Crippen LogP contribution in [0.3, 0.4) is 0 Å². The molecule has 206 valence electrons. The number of nitrogens with zero attached hydrogens (tertiary/aromatic N) is 1. The van der Waals surface area contributed by atoms with Crippen LogP contribution in [0.1, 0.15) is 28.4 Å². The smallest absolute Gasteiger partial charge is 0.338 e. The molecule has 4 rings (SSSR count). The van der Waals surface area contributed by atoms with Crippen molar-refractivity contribution in [1.82, 2.24) is 5.32 Å². The molecule has 1 aliphatic heterocycles. The predicted molar refractivity (Wildman–Crippen MR) is 158 cm³/mol. The van der Waals surface area contributed by atoms with E-state index in [0.717, 1.165) is 10.5 Å². The number of rotatable bonds is 8. The van der Waals surface area contributed by atoms with Crippen LogP contribution < -0.4 is 19.7 Å². The molecule has 0 aliphatic carbocycles. The number of hydrogen-bond acceptors (Lipinski definition) is 7. The number of carbonyl (C=O) groups excluding carboxylic acids is 4. The predicted octanol–water partition coefficient (Wildman–Crippen LogP) is 6.03. The number of halogens is 3. The van der Waals surface area contributed by atoms with Crippen molar-refractivity contribution in [3.8, 4) is 11.5 Å². The molecule has 0 spiro atoms. The first-order valence-electron chi connectivity index (χ1n) is 11.8. The molecule has 0 unspecified atom stereocenters. The van der Waals surface area contributed by atoms with E-state index in [4.69, 9.17) is 37.4 Å². The minimum Gasteiger partial charge on any atom is -0.493 e. The average molecular weight is 695 g/mol. The Labute approximate surface area is 253 Å². The van der Waals surface area contributed by atoms with Crippen molar-refractivity contribution in [2.45, 2.75) is 13.5 Å². The van der Waals surface area contributed by atoms with Crippen molar-refractivity contribution in [1.29, 1.82) is 0 Å². The van der Waals surface area contributed by atoms with Crippen LogP contribution in [0, 0.1) is 3.57 Å². The SMILES string of the molecule is CCOC(=O)c1ccc(N2C(=O)NC(=O)/C(=C\c3cc(I)c(OCc4ccc(Cl)c(Cl)c4)c(OC)c3)C2=O)cc1. The maximum Gasteiger partial charge on any atom is 0.338 e. The average Bonchev–Trinajstić information content (AvgIpc) is 2.92. The number of anilines is 1. The fraction of sp³-hybridized carbons (Fsp3) is 0.143. The summed E-state index contributed by atoms with van der Waals surface area (Å²) in [5, 5.41) is 3.02. The zero-order chi connectivity index (χ0) is 29.0. The quantitative estimate of drug-likeness (QED) is 0.133. The molecule has 0 aromatic heterocycles. The van der Waals surface area contributed by atoms with Crippen LogP contribution in [0.4, 0.5) is 10.5 Å². The van der Waals surface area contributed by atoms with Crippen LogP contribution in [0.15, 0.2) is 60.2 Å². The highest BCUT2D eigenvalue weighted by Crippen LogP contribution is 2.36. The number of amides is 4. The molecule has 1 saturated heterocycles. The summed E-state index contributed by atoms with van der Waals surface area (Å²) in [6.45, 7) is 2.08. The second kappa shape index (κ2) is 12.7. The van der Waals surface area contributed by atoms with Crippen LogP contribution >= 0.6 is 45.8 Å². The molecule has 40 heavy (non-hydrogen) atoms. The second-order valence-electron chi connectivity index (χ2n) is 8.30. The number of ether oxygens (including phenoxy) is 3. The third-order valence-corrected chi connectivity index (χ3v) is 7.21. The van der Waals surface area contributed by atoms with Crippen molar-refractivity contribution in [2.24, 2.45) is 0 Å². The molecular formula is C28H21Cl2IN2O7. The highest BCUT2D eigenvalue weighted by atomic mass is 127. The number of esters is 1. The summed E-state index contributed by atoms with van der Waals surface area (Å²) in [5.41, 5.74) is 1.42. The van der Waals surface area contributed by atoms with Crippen LogP contribution in [-0.4, -0.2) is 37.5 Å². The molecule has 1 heterocycles. The van der Waals surface area contributed by atoms with Crippen LogP contribution in [0.25, 0.3) is 6.08 Å². The van der Waals surface area contributed by atoms with Gasteiger partial charge in [0.15, 0.2) is 11.5 Å². The first-order chi connectivity index (χ1) is 19.1. The van der Waals surface area contributed by atoms with E-state index < -0.39 is 23.8 Å². The summed E-state index contributed by atoms with van der Waals surface area (Å²) >= 11 is 14.1. The van der Waals surface area contributed by atoms with Gasteiger partial charge in [-0.25, -0.2) is 14.5 Å². The van der Waals surface area contributed by atoms with Gasteiger partial charge in [0.1, 0.15) is 12.2 Å². The number of imide groups is 2. The molecule has 4 amide bonds. The summed E-state index contributed by atoms with van der Waals surface area (Å²) in [4.78, 5) is 51.3. The highest BCUT2D eigenvalue weighted by molar-refractivity contribution is 14.1. The van der Waals surface area contributed by atoms with E-state index in [1.54, 1.807) is 37.3 Å². The van der Waals surface area contributed by atoms with E-state index in [-0.39, 0.29) is 30.0 Å². The fourth-order valence-corrected chi connectivity index (χ4v) is 4.87. The summed E-state index contributed by atoms with van der Waals surface area (Å²) in [5.74, 6) is -1.39. The van der Waals surface area contributed by atoms with Gasteiger partial charge >= 0.3 is 12.0 Å². The van der Waals surface area contributed by atoms with Crippen molar-refractivity contribution in [3.63, 3.8) is 0 Å². The number of nitrogens with one attached hydrogen (secondary N) is 1. The lowest BCUT2D eigenvalue weighted by Gasteiger charge is -2.26. The Bertz CT molecular complexity index is 1540. The van der Waals surface area contributed by atoms with Gasteiger partial charge in [-0.1, -0.05) is 29.3 Å². The van der Waals surface area contributed by atoms with E-state index in [2.05, 4.69) is 27.9 Å². The van der Waals surface area contributed by atoms with Crippen LogP contribution in [0.5, 0.6) is 11.5 Å². The number of hydrogen-bond donors (Lipinski definition) is 1. The summed E-state index contributed by atoms with van der Waals surface area (Å²) in [6.07, 6.45) is 1.36. The van der Waals surface area contributed by atoms with E-state index >= 15 is 0 Å². The lowest BCUT2D eigenvalue weighted by molar-refractivity contribution is -0.122. The van der Waals surface area contributed by atoms with Gasteiger partial charge in [-0.3, -0.25) is 14.9 Å². The summed E-state index contributed by atoms with van der Waals surface area (Å²) in [7, 11) is 1.47. The normalized spacial score (nSPS) is 14.3. The zero-order valence-electron chi connectivity index (χ0n) is 21.1. The van der Waals surface area contributed by atoms with Gasteiger partial charge in [0.05, 0.1) is 38.6 Å². The largest absolute Gasteiger partial charge is 0.493 e. The van der Waals surface area contributed by atoms with Crippen LogP contribution in [-0.2, 0) is 20.9 Å². The van der Waals surface area contributed by atoms with Gasteiger partial charge < -0.3 is 14.2 Å². The Balaban J connectivity index is 1.60. The Morgan fingerprint density at radius 1 is 1.02 bits per heavy atom. The van der Waals surface area contributed by atoms with E-state index in [0.29, 0.717) is 30.7 Å².